The highest BCUT2D eigenvalue weighted by molar-refractivity contribution is 7.93. The van der Waals surface area contributed by atoms with Gasteiger partial charge in [-0.3, -0.25) is 8.99 Å². The topological polar surface area (TPSA) is 81.2 Å². The predicted molar refractivity (Wildman–Crippen MR) is 83.7 cm³/mol. The van der Waals surface area contributed by atoms with Crippen molar-refractivity contribution in [3.63, 3.8) is 0 Å². The second-order valence-corrected chi connectivity index (χ2v) is 6.89. The van der Waals surface area contributed by atoms with E-state index in [1.807, 2.05) is 32.0 Å². The first-order valence-corrected chi connectivity index (χ1v) is 8.18. The first kappa shape index (κ1) is 15.4. The number of nitrogen functional groups attached to an aromatic ring is 1. The molecule has 0 saturated heterocycles. The molecule has 0 aliphatic carbocycles. The minimum absolute atomic E-state index is 0.0305. The van der Waals surface area contributed by atoms with Crippen LogP contribution in [0.5, 0.6) is 0 Å². The highest BCUT2D eigenvalue weighted by atomic mass is 32.2. The number of sulfonamides is 1. The molecule has 0 unspecified atom stereocenters. The molecule has 0 radical (unpaired) electrons. The van der Waals surface area contributed by atoms with Crippen LogP contribution in [0.4, 0.5) is 11.5 Å². The van der Waals surface area contributed by atoms with Gasteiger partial charge in [-0.2, -0.15) is 5.10 Å². The molecule has 2 rings (SSSR count). The van der Waals surface area contributed by atoms with Crippen LogP contribution in [-0.4, -0.2) is 25.2 Å². The van der Waals surface area contributed by atoms with Crippen molar-refractivity contribution in [2.24, 2.45) is 0 Å². The van der Waals surface area contributed by atoms with Crippen LogP contribution in [0.2, 0.25) is 0 Å². The fourth-order valence-corrected chi connectivity index (χ4v) is 3.32. The van der Waals surface area contributed by atoms with Crippen molar-refractivity contribution in [2.45, 2.75) is 31.7 Å². The molecular weight excluding hydrogens is 288 g/mol. The second-order valence-electron chi connectivity index (χ2n) is 4.95. The Kier molecular flexibility index (Phi) is 4.22. The van der Waals surface area contributed by atoms with Crippen molar-refractivity contribution in [3.05, 3.63) is 36.0 Å². The van der Waals surface area contributed by atoms with Gasteiger partial charge in [0.25, 0.3) is 10.0 Å². The lowest BCUT2D eigenvalue weighted by Crippen LogP contribution is -2.27. The van der Waals surface area contributed by atoms with Crippen molar-refractivity contribution >= 4 is 21.5 Å². The zero-order valence-corrected chi connectivity index (χ0v) is 13.3. The van der Waals surface area contributed by atoms with Gasteiger partial charge in [-0.25, -0.2) is 8.42 Å². The van der Waals surface area contributed by atoms with Gasteiger partial charge in [0.1, 0.15) is 4.90 Å². The van der Waals surface area contributed by atoms with E-state index in [0.29, 0.717) is 12.2 Å². The number of hydrogen-bond donors (Lipinski definition) is 1. The summed E-state index contributed by atoms with van der Waals surface area (Å²) in [5, 5.41) is 4.05. The molecule has 0 amide bonds. The predicted octanol–water partition coefficient (Wildman–Crippen LogP) is 2.01. The third kappa shape index (κ3) is 3.02. The Morgan fingerprint density at radius 3 is 2.71 bits per heavy atom. The quantitative estimate of drug-likeness (QED) is 0.916. The second kappa shape index (κ2) is 5.77. The normalized spacial score (nSPS) is 11.6. The standard InChI is InChI=1S/C14H20N4O2S/c1-4-8-18-10-13(14(15)16-18)21(19,20)17(3)12-7-5-6-11(2)9-12/h5-7,9-10H,4,8H2,1-3H3,(H2,15,16). The third-order valence-corrected chi connectivity index (χ3v) is 5.01. The zero-order valence-electron chi connectivity index (χ0n) is 12.4. The van der Waals surface area contributed by atoms with Crippen molar-refractivity contribution in [2.75, 3.05) is 17.1 Å². The highest BCUT2D eigenvalue weighted by Crippen LogP contribution is 2.25. The summed E-state index contributed by atoms with van der Waals surface area (Å²) in [6.45, 7) is 4.54. The summed E-state index contributed by atoms with van der Waals surface area (Å²) in [4.78, 5) is 0.0416. The maximum atomic E-state index is 12.7. The SMILES string of the molecule is CCCn1cc(S(=O)(=O)N(C)c2cccc(C)c2)c(N)n1. The number of anilines is 2. The summed E-state index contributed by atoms with van der Waals surface area (Å²) in [6, 6.07) is 7.29. The van der Waals surface area contributed by atoms with Crippen LogP contribution in [0.25, 0.3) is 0 Å². The molecule has 1 aromatic carbocycles. The molecule has 0 bridgehead atoms. The number of aromatic nitrogens is 2. The molecule has 1 heterocycles. The molecule has 6 nitrogen and oxygen atoms in total. The summed E-state index contributed by atoms with van der Waals surface area (Å²) in [7, 11) is -2.20. The van der Waals surface area contributed by atoms with Crippen LogP contribution in [0.1, 0.15) is 18.9 Å². The minimum atomic E-state index is -3.71. The number of benzene rings is 1. The number of rotatable bonds is 5. The molecule has 0 atom stereocenters. The van der Waals surface area contributed by atoms with Crippen molar-refractivity contribution in [1.82, 2.24) is 9.78 Å². The highest BCUT2D eigenvalue weighted by Gasteiger charge is 2.26. The summed E-state index contributed by atoms with van der Waals surface area (Å²) in [5.74, 6) is 0.0305. The van der Waals surface area contributed by atoms with E-state index in [2.05, 4.69) is 5.10 Å². The lowest BCUT2D eigenvalue weighted by Gasteiger charge is -2.19. The smallest absolute Gasteiger partial charge is 0.269 e. The van der Waals surface area contributed by atoms with E-state index < -0.39 is 10.0 Å². The largest absolute Gasteiger partial charge is 0.381 e. The monoisotopic (exact) mass is 308 g/mol. The van der Waals surface area contributed by atoms with Crippen LogP contribution in [0.15, 0.2) is 35.4 Å². The van der Waals surface area contributed by atoms with Crippen molar-refractivity contribution < 1.29 is 8.42 Å². The molecule has 0 spiro atoms. The van der Waals surface area contributed by atoms with Crippen LogP contribution in [0.3, 0.4) is 0 Å². The molecule has 7 heteroatoms. The van der Waals surface area contributed by atoms with Crippen molar-refractivity contribution in [3.8, 4) is 0 Å². The van der Waals surface area contributed by atoms with Gasteiger partial charge < -0.3 is 5.73 Å². The van der Waals surface area contributed by atoms with Gasteiger partial charge >= 0.3 is 0 Å². The average Bonchev–Trinajstić information content (AvgIpc) is 2.80. The van der Waals surface area contributed by atoms with Crippen molar-refractivity contribution in [1.29, 1.82) is 0 Å². The minimum Gasteiger partial charge on any atom is -0.381 e. The lowest BCUT2D eigenvalue weighted by atomic mass is 10.2. The molecule has 0 aliphatic rings. The Morgan fingerprint density at radius 2 is 2.10 bits per heavy atom. The van der Waals surface area contributed by atoms with E-state index >= 15 is 0 Å². The van der Waals surface area contributed by atoms with E-state index in [1.54, 1.807) is 10.7 Å². The maximum Gasteiger partial charge on any atom is 0.269 e. The molecular formula is C14H20N4O2S. The zero-order chi connectivity index (χ0) is 15.6. The molecule has 1 aromatic heterocycles. The molecule has 21 heavy (non-hydrogen) atoms. The molecule has 2 aromatic rings. The Morgan fingerprint density at radius 1 is 1.38 bits per heavy atom. The summed E-state index contributed by atoms with van der Waals surface area (Å²) >= 11 is 0. The first-order valence-electron chi connectivity index (χ1n) is 6.74. The summed E-state index contributed by atoms with van der Waals surface area (Å²) in [6.07, 6.45) is 2.34. The van der Waals surface area contributed by atoms with Gasteiger partial charge in [0, 0.05) is 19.8 Å². The van der Waals surface area contributed by atoms with Gasteiger partial charge in [0.05, 0.1) is 5.69 Å². The van der Waals surface area contributed by atoms with Gasteiger partial charge in [0.15, 0.2) is 5.82 Å². The Hall–Kier alpha value is -2.02. The fraction of sp³-hybridized carbons (Fsp3) is 0.357. The Bertz CT molecular complexity index is 737. The first-order chi connectivity index (χ1) is 9.86. The number of aryl methyl sites for hydroxylation is 2. The molecule has 0 saturated carbocycles. The van der Waals surface area contributed by atoms with Crippen LogP contribution in [0, 0.1) is 6.92 Å². The fourth-order valence-electron chi connectivity index (χ4n) is 2.07. The molecule has 0 aliphatic heterocycles. The van der Waals surface area contributed by atoms with Gasteiger partial charge in [-0.05, 0) is 31.0 Å². The molecule has 114 valence electrons. The van der Waals surface area contributed by atoms with E-state index in [-0.39, 0.29) is 10.7 Å². The van der Waals surface area contributed by atoms with Gasteiger partial charge in [-0.15, -0.1) is 0 Å². The summed E-state index contributed by atoms with van der Waals surface area (Å²) < 4.78 is 28.1. The number of nitrogens with two attached hydrogens (primary N) is 1. The van der Waals surface area contributed by atoms with Crippen LogP contribution < -0.4 is 10.0 Å². The molecule has 0 fully saturated rings. The van der Waals surface area contributed by atoms with Crippen LogP contribution in [-0.2, 0) is 16.6 Å². The number of nitrogens with zero attached hydrogens (tertiary/aromatic N) is 3. The molecule has 2 N–H and O–H groups in total. The summed E-state index contributed by atoms with van der Waals surface area (Å²) in [5.41, 5.74) is 7.35. The number of hydrogen-bond acceptors (Lipinski definition) is 4. The van der Waals surface area contributed by atoms with E-state index in [0.717, 1.165) is 12.0 Å². The lowest BCUT2D eigenvalue weighted by molar-refractivity contribution is 0.590. The average molecular weight is 308 g/mol. The maximum absolute atomic E-state index is 12.7. The van der Waals surface area contributed by atoms with E-state index in [9.17, 15) is 8.42 Å². The van der Waals surface area contributed by atoms with E-state index in [1.165, 1.54) is 17.5 Å². The van der Waals surface area contributed by atoms with Gasteiger partial charge in [-0.1, -0.05) is 19.1 Å². The third-order valence-electron chi connectivity index (χ3n) is 3.21. The van der Waals surface area contributed by atoms with E-state index in [4.69, 9.17) is 5.73 Å². The van der Waals surface area contributed by atoms with Gasteiger partial charge in [0.2, 0.25) is 0 Å². The Balaban J connectivity index is 2.42. The Labute approximate surface area is 125 Å². The van der Waals surface area contributed by atoms with Crippen LogP contribution >= 0.6 is 0 Å².